The number of nitrogens with zero attached hydrogens (tertiary/aromatic N) is 2. The molecule has 0 aliphatic heterocycles. The first-order chi connectivity index (χ1) is 14.3. The summed E-state index contributed by atoms with van der Waals surface area (Å²) in [7, 11) is 1.30. The predicted octanol–water partition coefficient (Wildman–Crippen LogP) is 4.89. The first-order valence-electron chi connectivity index (χ1n) is 9.47. The first kappa shape index (κ1) is 20.2. The van der Waals surface area contributed by atoms with Crippen LogP contribution in [0.25, 0.3) is 22.2 Å². The van der Waals surface area contributed by atoms with Crippen LogP contribution >= 0.6 is 0 Å². The molecule has 0 N–H and O–H groups in total. The van der Waals surface area contributed by atoms with Crippen LogP contribution in [0.1, 0.15) is 30.7 Å². The summed E-state index contributed by atoms with van der Waals surface area (Å²) in [5.41, 5.74) is 2.91. The van der Waals surface area contributed by atoms with Crippen molar-refractivity contribution >= 4 is 17.0 Å². The molecule has 1 fully saturated rings. The topological polar surface area (TPSA) is 74.5 Å². The van der Waals surface area contributed by atoms with Gasteiger partial charge in [0.2, 0.25) is 0 Å². The highest BCUT2D eigenvalue weighted by Gasteiger charge is 2.32. The number of hydrogen-bond acceptors (Lipinski definition) is 6. The molecule has 4 rings (SSSR count). The van der Waals surface area contributed by atoms with Crippen molar-refractivity contribution in [3.8, 4) is 16.9 Å². The van der Waals surface area contributed by atoms with Gasteiger partial charge >= 0.3 is 12.1 Å². The minimum atomic E-state index is -4.47. The van der Waals surface area contributed by atoms with Gasteiger partial charge in [-0.1, -0.05) is 25.0 Å². The number of carbonyl (C=O) groups excluding carboxylic acids is 1. The fraction of sp³-hybridized carbons (Fsp3) is 0.381. The largest absolute Gasteiger partial charge is 0.484 e. The minimum absolute atomic E-state index is 0.0305. The standard InChI is InChI=1S/C21H19F3N2O4/c1-28-20(27)17(6-12-2-3-12)15-7-14(8-16(9-15)29-11-21(22,23)24)13-4-5-18-19(10-13)26-30-25-18/h4-5,7-10,12,17H,2-3,6,11H2,1H3. The lowest BCUT2D eigenvalue weighted by molar-refractivity contribution is -0.153. The number of ether oxygens (including phenoxy) is 2. The van der Waals surface area contributed by atoms with Crippen LogP contribution < -0.4 is 4.74 Å². The average molecular weight is 420 g/mol. The summed E-state index contributed by atoms with van der Waals surface area (Å²) in [5.74, 6) is -0.553. The van der Waals surface area contributed by atoms with Crippen LogP contribution in [0, 0.1) is 5.92 Å². The molecule has 1 aliphatic rings. The van der Waals surface area contributed by atoms with Gasteiger partial charge in [-0.15, -0.1) is 0 Å². The maximum absolute atomic E-state index is 12.7. The number of methoxy groups -OCH3 is 1. The second-order valence-electron chi connectivity index (χ2n) is 7.42. The Morgan fingerprint density at radius 2 is 1.90 bits per heavy atom. The number of hydrogen-bond donors (Lipinski definition) is 0. The van der Waals surface area contributed by atoms with Gasteiger partial charge in [-0.25, -0.2) is 4.63 Å². The Bertz CT molecular complexity index is 1060. The molecule has 2 aromatic carbocycles. The normalized spacial score (nSPS) is 15.2. The monoisotopic (exact) mass is 420 g/mol. The third-order valence-electron chi connectivity index (χ3n) is 5.07. The predicted molar refractivity (Wildman–Crippen MR) is 101 cm³/mol. The smallest absolute Gasteiger partial charge is 0.422 e. The molecule has 30 heavy (non-hydrogen) atoms. The van der Waals surface area contributed by atoms with Gasteiger partial charge in [0.05, 0.1) is 13.0 Å². The van der Waals surface area contributed by atoms with E-state index >= 15 is 0 Å². The fourth-order valence-corrected chi connectivity index (χ4v) is 3.40. The van der Waals surface area contributed by atoms with Crippen LogP contribution in [0.3, 0.4) is 0 Å². The molecule has 1 unspecified atom stereocenters. The number of carbonyl (C=O) groups is 1. The number of alkyl halides is 3. The molecule has 0 spiro atoms. The molecule has 1 aliphatic carbocycles. The lowest BCUT2D eigenvalue weighted by atomic mass is 9.90. The highest BCUT2D eigenvalue weighted by Crippen LogP contribution is 2.41. The van der Waals surface area contributed by atoms with Gasteiger partial charge in [0.25, 0.3) is 0 Å². The van der Waals surface area contributed by atoms with Crippen molar-refractivity contribution < 1.29 is 32.1 Å². The zero-order valence-corrected chi connectivity index (χ0v) is 16.1. The Labute approximate surface area is 169 Å². The van der Waals surface area contributed by atoms with Crippen LogP contribution in [0.15, 0.2) is 41.0 Å². The average Bonchev–Trinajstić information content (AvgIpc) is 3.42. The van der Waals surface area contributed by atoms with E-state index in [-0.39, 0.29) is 5.75 Å². The summed E-state index contributed by atoms with van der Waals surface area (Å²) in [6.07, 6.45) is -1.83. The van der Waals surface area contributed by atoms with E-state index in [0.29, 0.717) is 40.1 Å². The van der Waals surface area contributed by atoms with Gasteiger partial charge in [-0.3, -0.25) is 4.79 Å². The van der Waals surface area contributed by atoms with Crippen molar-refractivity contribution in [2.75, 3.05) is 13.7 Å². The van der Waals surface area contributed by atoms with Gasteiger partial charge in [0.1, 0.15) is 16.8 Å². The zero-order chi connectivity index (χ0) is 21.3. The van der Waals surface area contributed by atoms with Crippen molar-refractivity contribution in [1.82, 2.24) is 10.3 Å². The Balaban J connectivity index is 1.75. The Morgan fingerprint density at radius 3 is 2.60 bits per heavy atom. The molecule has 1 atom stereocenters. The lowest BCUT2D eigenvalue weighted by Gasteiger charge is -2.18. The third kappa shape index (κ3) is 4.72. The van der Waals surface area contributed by atoms with E-state index in [2.05, 4.69) is 10.3 Å². The first-order valence-corrected chi connectivity index (χ1v) is 9.47. The maximum Gasteiger partial charge on any atom is 0.422 e. The van der Waals surface area contributed by atoms with Crippen molar-refractivity contribution in [3.63, 3.8) is 0 Å². The molecule has 1 heterocycles. The second kappa shape index (κ2) is 7.97. The number of aromatic nitrogens is 2. The Morgan fingerprint density at radius 1 is 1.13 bits per heavy atom. The van der Waals surface area contributed by atoms with Crippen LogP contribution in [-0.2, 0) is 9.53 Å². The van der Waals surface area contributed by atoms with Crippen LogP contribution in [0.2, 0.25) is 0 Å². The molecule has 0 saturated heterocycles. The van der Waals surface area contributed by atoms with Crippen molar-refractivity contribution in [2.24, 2.45) is 5.92 Å². The summed E-state index contributed by atoms with van der Waals surface area (Å²) in [6.45, 7) is -1.42. The van der Waals surface area contributed by atoms with E-state index in [0.717, 1.165) is 12.8 Å². The number of rotatable bonds is 7. The van der Waals surface area contributed by atoms with E-state index in [9.17, 15) is 18.0 Å². The second-order valence-corrected chi connectivity index (χ2v) is 7.42. The molecule has 9 heteroatoms. The van der Waals surface area contributed by atoms with Crippen molar-refractivity contribution in [3.05, 3.63) is 42.0 Å². The number of halogens is 3. The summed E-state index contributed by atoms with van der Waals surface area (Å²) in [5, 5.41) is 7.55. The molecule has 0 radical (unpaired) electrons. The molecule has 0 bridgehead atoms. The molecular weight excluding hydrogens is 401 g/mol. The molecule has 3 aromatic rings. The summed E-state index contributed by atoms with van der Waals surface area (Å²) in [6, 6.07) is 9.94. The molecule has 0 amide bonds. The van der Waals surface area contributed by atoms with Crippen LogP contribution in [-0.4, -0.2) is 36.2 Å². The highest BCUT2D eigenvalue weighted by molar-refractivity contribution is 5.83. The summed E-state index contributed by atoms with van der Waals surface area (Å²) < 4.78 is 52.8. The SMILES string of the molecule is COC(=O)C(CC1CC1)c1cc(OCC(F)(F)F)cc(-c2ccc3nonc3c2)c1. The molecule has 1 saturated carbocycles. The minimum Gasteiger partial charge on any atom is -0.484 e. The number of fused-ring (bicyclic) bond motifs is 1. The van der Waals surface area contributed by atoms with E-state index in [1.54, 1.807) is 24.3 Å². The zero-order valence-electron chi connectivity index (χ0n) is 16.1. The fourth-order valence-electron chi connectivity index (χ4n) is 3.40. The third-order valence-corrected chi connectivity index (χ3v) is 5.07. The van der Waals surface area contributed by atoms with E-state index in [1.807, 2.05) is 0 Å². The Hall–Kier alpha value is -3.10. The highest BCUT2D eigenvalue weighted by atomic mass is 19.4. The van der Waals surface area contributed by atoms with Gasteiger partial charge in [-0.2, -0.15) is 13.2 Å². The lowest BCUT2D eigenvalue weighted by Crippen LogP contribution is -2.20. The quantitative estimate of drug-likeness (QED) is 0.507. The Kier molecular flexibility index (Phi) is 5.36. The van der Waals surface area contributed by atoms with Gasteiger partial charge < -0.3 is 9.47 Å². The molecular formula is C21H19F3N2O4. The molecule has 158 valence electrons. The number of benzene rings is 2. The van der Waals surface area contributed by atoms with Gasteiger partial charge in [0.15, 0.2) is 6.61 Å². The van der Waals surface area contributed by atoms with Crippen molar-refractivity contribution in [1.29, 1.82) is 0 Å². The van der Waals surface area contributed by atoms with Crippen LogP contribution in [0.5, 0.6) is 5.75 Å². The molecule has 1 aromatic heterocycles. The van der Waals surface area contributed by atoms with Gasteiger partial charge in [-0.05, 0) is 63.6 Å². The van der Waals surface area contributed by atoms with Crippen LogP contribution in [0.4, 0.5) is 13.2 Å². The summed E-state index contributed by atoms with van der Waals surface area (Å²) in [4.78, 5) is 12.4. The van der Waals surface area contributed by atoms with E-state index in [4.69, 9.17) is 14.1 Å². The van der Waals surface area contributed by atoms with Crippen molar-refractivity contribution in [2.45, 2.75) is 31.4 Å². The van der Waals surface area contributed by atoms with Gasteiger partial charge in [0, 0.05) is 0 Å². The maximum atomic E-state index is 12.7. The molecule has 6 nitrogen and oxygen atoms in total. The van der Waals surface area contributed by atoms with E-state index in [1.165, 1.54) is 19.2 Å². The number of esters is 1. The van der Waals surface area contributed by atoms with E-state index < -0.39 is 24.7 Å². The summed E-state index contributed by atoms with van der Waals surface area (Å²) >= 11 is 0.